The molecule has 2 aromatic rings. The molecule has 6 atom stereocenters. The van der Waals surface area contributed by atoms with Gasteiger partial charge in [0.05, 0.1) is 19.6 Å². The van der Waals surface area contributed by atoms with Gasteiger partial charge < -0.3 is 44.5 Å². The molecule has 32 heavy (non-hydrogen) atoms. The summed E-state index contributed by atoms with van der Waals surface area (Å²) in [6.07, 6.45) is -7.45. The van der Waals surface area contributed by atoms with Crippen molar-refractivity contribution in [3.63, 3.8) is 0 Å². The van der Waals surface area contributed by atoms with Gasteiger partial charge >= 0.3 is 0 Å². The molecule has 0 aliphatic carbocycles. The maximum Gasteiger partial charge on any atom is 0.229 e. The van der Waals surface area contributed by atoms with Gasteiger partial charge in [-0.3, -0.25) is 4.79 Å². The molecule has 2 heterocycles. The molecule has 0 aromatic heterocycles. The van der Waals surface area contributed by atoms with E-state index in [0.717, 1.165) is 0 Å². The maximum absolute atomic E-state index is 13.0. The van der Waals surface area contributed by atoms with Crippen molar-refractivity contribution in [2.75, 3.05) is 7.11 Å². The van der Waals surface area contributed by atoms with Crippen molar-refractivity contribution in [3.8, 4) is 28.7 Å². The fourth-order valence-corrected chi connectivity index (χ4v) is 3.83. The van der Waals surface area contributed by atoms with E-state index in [-0.39, 0.29) is 46.5 Å². The van der Waals surface area contributed by atoms with Crippen molar-refractivity contribution >= 4 is 5.78 Å². The zero-order valence-electron chi connectivity index (χ0n) is 17.3. The molecule has 1 saturated heterocycles. The minimum absolute atomic E-state index is 0.0425. The molecule has 0 spiro atoms. The SMILES string of the molecule is COc1ccc(C2CC(=O)c3c(cc(O)cc3OC3OC(C)C(O)C(O)C3O)O2)cc1O. The number of phenols is 2. The summed E-state index contributed by atoms with van der Waals surface area (Å²) < 4.78 is 22.0. The number of benzene rings is 2. The summed E-state index contributed by atoms with van der Waals surface area (Å²) in [5.41, 5.74) is 0.575. The Morgan fingerprint density at radius 1 is 1.00 bits per heavy atom. The molecule has 5 N–H and O–H groups in total. The van der Waals surface area contributed by atoms with Crippen LogP contribution in [0.5, 0.6) is 28.7 Å². The standard InChI is InChI=1S/C22H24O10/c1-9-19(26)20(27)21(28)22(30-9)32-17-7-11(23)6-16-18(17)13(25)8-15(31-16)10-3-4-14(29-2)12(24)5-10/h3-7,9,15,19-24,26-28H,8H2,1-2H3. The van der Waals surface area contributed by atoms with Gasteiger partial charge in [0, 0.05) is 12.1 Å². The van der Waals surface area contributed by atoms with Gasteiger partial charge in [0.25, 0.3) is 0 Å². The number of carbonyl (C=O) groups is 1. The molecule has 10 nitrogen and oxygen atoms in total. The Morgan fingerprint density at radius 3 is 2.44 bits per heavy atom. The summed E-state index contributed by atoms with van der Waals surface area (Å²) in [5, 5.41) is 50.2. The quantitative estimate of drug-likeness (QED) is 0.458. The molecule has 172 valence electrons. The monoisotopic (exact) mass is 448 g/mol. The fraction of sp³-hybridized carbons (Fsp3) is 0.409. The van der Waals surface area contributed by atoms with Gasteiger partial charge in [0.1, 0.15) is 47.2 Å². The topological polar surface area (TPSA) is 155 Å². The first-order chi connectivity index (χ1) is 15.2. The van der Waals surface area contributed by atoms with E-state index in [4.69, 9.17) is 18.9 Å². The molecule has 0 bridgehead atoms. The molecule has 2 aliphatic rings. The van der Waals surface area contributed by atoms with E-state index in [2.05, 4.69) is 0 Å². The minimum atomic E-state index is -1.59. The molecule has 2 aliphatic heterocycles. The van der Waals surface area contributed by atoms with Crippen LogP contribution in [0.25, 0.3) is 0 Å². The molecule has 6 unspecified atom stereocenters. The van der Waals surface area contributed by atoms with Crippen LogP contribution >= 0.6 is 0 Å². The average molecular weight is 448 g/mol. The predicted octanol–water partition coefficient (Wildman–Crippen LogP) is 1.02. The summed E-state index contributed by atoms with van der Waals surface area (Å²) in [7, 11) is 1.42. The van der Waals surface area contributed by atoms with Gasteiger partial charge in [0.2, 0.25) is 6.29 Å². The van der Waals surface area contributed by atoms with Crippen molar-refractivity contribution in [2.24, 2.45) is 0 Å². The van der Waals surface area contributed by atoms with Crippen LogP contribution in [0.4, 0.5) is 0 Å². The number of hydrogen-bond donors (Lipinski definition) is 5. The zero-order valence-corrected chi connectivity index (χ0v) is 17.3. The lowest BCUT2D eigenvalue weighted by molar-refractivity contribution is -0.268. The van der Waals surface area contributed by atoms with Crippen LogP contribution in [0.15, 0.2) is 30.3 Å². The second-order valence-electron chi connectivity index (χ2n) is 7.78. The zero-order chi connectivity index (χ0) is 23.2. The highest BCUT2D eigenvalue weighted by Gasteiger charge is 2.44. The Morgan fingerprint density at radius 2 is 1.75 bits per heavy atom. The van der Waals surface area contributed by atoms with Gasteiger partial charge in [-0.15, -0.1) is 0 Å². The molecule has 10 heteroatoms. The molecule has 4 rings (SSSR count). The highest BCUT2D eigenvalue weighted by atomic mass is 16.7. The first-order valence-electron chi connectivity index (χ1n) is 9.99. The number of fused-ring (bicyclic) bond motifs is 1. The van der Waals surface area contributed by atoms with Crippen molar-refractivity contribution in [1.82, 2.24) is 0 Å². The molecular formula is C22H24O10. The molecule has 2 aromatic carbocycles. The number of hydrogen-bond acceptors (Lipinski definition) is 10. The van der Waals surface area contributed by atoms with Gasteiger partial charge in [-0.1, -0.05) is 6.07 Å². The van der Waals surface area contributed by atoms with E-state index in [1.54, 1.807) is 12.1 Å². The second kappa shape index (κ2) is 8.47. The fourth-order valence-electron chi connectivity index (χ4n) is 3.83. The third kappa shape index (κ3) is 3.93. The van der Waals surface area contributed by atoms with Crippen LogP contribution in [0.3, 0.4) is 0 Å². The Kier molecular flexibility index (Phi) is 5.87. The summed E-state index contributed by atoms with van der Waals surface area (Å²) in [6.45, 7) is 1.50. The third-order valence-electron chi connectivity index (χ3n) is 5.60. The van der Waals surface area contributed by atoms with Crippen LogP contribution in [-0.4, -0.2) is 69.1 Å². The third-order valence-corrected chi connectivity index (χ3v) is 5.60. The maximum atomic E-state index is 13.0. The summed E-state index contributed by atoms with van der Waals surface area (Å²) in [4.78, 5) is 13.0. The summed E-state index contributed by atoms with van der Waals surface area (Å²) in [5.74, 6) is -0.497. The number of aromatic hydroxyl groups is 2. The number of aliphatic hydroxyl groups excluding tert-OH is 3. The Hall–Kier alpha value is -3.05. The van der Waals surface area contributed by atoms with Gasteiger partial charge in [-0.25, -0.2) is 0 Å². The second-order valence-corrected chi connectivity index (χ2v) is 7.78. The van der Waals surface area contributed by atoms with Crippen LogP contribution in [0.1, 0.15) is 35.4 Å². The Labute approximate surface area is 183 Å². The number of ketones is 1. The smallest absolute Gasteiger partial charge is 0.229 e. The largest absolute Gasteiger partial charge is 0.508 e. The van der Waals surface area contributed by atoms with E-state index < -0.39 is 36.8 Å². The average Bonchev–Trinajstić information content (AvgIpc) is 2.75. The van der Waals surface area contributed by atoms with Crippen LogP contribution < -0.4 is 14.2 Å². The van der Waals surface area contributed by atoms with E-state index in [1.165, 1.54) is 32.2 Å². The van der Waals surface area contributed by atoms with Crippen LogP contribution in [0, 0.1) is 0 Å². The molecule has 0 saturated carbocycles. The molecule has 0 radical (unpaired) electrons. The molecule has 0 amide bonds. The number of rotatable bonds is 4. The first kappa shape index (κ1) is 22.2. The highest BCUT2D eigenvalue weighted by molar-refractivity contribution is 6.02. The summed E-state index contributed by atoms with van der Waals surface area (Å²) in [6, 6.07) is 7.07. The number of methoxy groups -OCH3 is 1. The Balaban J connectivity index is 1.63. The van der Waals surface area contributed by atoms with Gasteiger partial charge in [-0.05, 0) is 24.6 Å². The van der Waals surface area contributed by atoms with Gasteiger partial charge in [-0.2, -0.15) is 0 Å². The van der Waals surface area contributed by atoms with E-state index in [1.807, 2.05) is 0 Å². The molecule has 1 fully saturated rings. The number of aliphatic hydroxyl groups is 3. The first-order valence-corrected chi connectivity index (χ1v) is 9.99. The highest BCUT2D eigenvalue weighted by Crippen LogP contribution is 2.44. The lowest BCUT2D eigenvalue weighted by atomic mass is 9.95. The number of ether oxygens (including phenoxy) is 4. The molecular weight excluding hydrogens is 424 g/mol. The number of phenolic OH excluding ortho intramolecular Hbond substituents is 2. The van der Waals surface area contributed by atoms with Gasteiger partial charge in [0.15, 0.2) is 17.3 Å². The predicted molar refractivity (Wildman–Crippen MR) is 108 cm³/mol. The van der Waals surface area contributed by atoms with Crippen LogP contribution in [0.2, 0.25) is 0 Å². The normalized spacial score (nSPS) is 29.7. The summed E-state index contributed by atoms with van der Waals surface area (Å²) >= 11 is 0. The van der Waals surface area contributed by atoms with E-state index in [9.17, 15) is 30.3 Å². The lowest BCUT2D eigenvalue weighted by Crippen LogP contribution is -2.58. The van der Waals surface area contributed by atoms with Crippen molar-refractivity contribution in [3.05, 3.63) is 41.5 Å². The van der Waals surface area contributed by atoms with E-state index >= 15 is 0 Å². The minimum Gasteiger partial charge on any atom is -0.508 e. The van der Waals surface area contributed by atoms with Crippen molar-refractivity contribution in [1.29, 1.82) is 0 Å². The lowest BCUT2D eigenvalue weighted by Gasteiger charge is -2.39. The number of carbonyl (C=O) groups excluding carboxylic acids is 1. The van der Waals surface area contributed by atoms with Crippen LogP contribution in [-0.2, 0) is 4.74 Å². The van der Waals surface area contributed by atoms with Crippen molar-refractivity contribution < 1.29 is 49.3 Å². The Bertz CT molecular complexity index is 1020. The number of Topliss-reactive ketones (excluding diaryl/α,β-unsaturated/α-hetero) is 1. The van der Waals surface area contributed by atoms with E-state index in [0.29, 0.717) is 5.56 Å². The van der Waals surface area contributed by atoms with Crippen molar-refractivity contribution in [2.45, 2.75) is 50.2 Å².